The number of carbonyl (C=O) groups is 2. The second-order valence-corrected chi connectivity index (χ2v) is 8.48. The molecule has 0 radical (unpaired) electrons. The molecule has 0 aliphatic carbocycles. The van der Waals surface area contributed by atoms with Crippen molar-refractivity contribution >= 4 is 45.9 Å². The third-order valence-corrected chi connectivity index (χ3v) is 6.19. The zero-order valence-electron chi connectivity index (χ0n) is 17.5. The van der Waals surface area contributed by atoms with Crippen LogP contribution in [0.3, 0.4) is 0 Å². The first-order valence-corrected chi connectivity index (χ1v) is 11.3. The molecule has 0 unspecified atom stereocenters. The van der Waals surface area contributed by atoms with Gasteiger partial charge in [0.15, 0.2) is 5.16 Å². The molecule has 2 aromatic carbocycles. The van der Waals surface area contributed by atoms with Crippen LogP contribution in [0.2, 0.25) is 0 Å². The molecule has 0 spiro atoms. The van der Waals surface area contributed by atoms with Gasteiger partial charge in [0.25, 0.3) is 5.56 Å². The summed E-state index contributed by atoms with van der Waals surface area (Å²) in [6.07, 6.45) is 1.01. The molecule has 4 rings (SSSR count). The van der Waals surface area contributed by atoms with E-state index in [0.717, 1.165) is 6.42 Å². The number of nitrogens with one attached hydrogen (secondary N) is 1. The number of aromatic nitrogens is 2. The first-order valence-electron chi connectivity index (χ1n) is 10.3. The molecule has 1 aromatic heterocycles. The number of nitrogens with zero attached hydrogens (tertiary/aromatic N) is 3. The Hall–Kier alpha value is -3.13. The number of hydrogen-bond acceptors (Lipinski definition) is 5. The predicted octanol–water partition coefficient (Wildman–Crippen LogP) is 3.66. The van der Waals surface area contributed by atoms with E-state index in [9.17, 15) is 14.4 Å². The van der Waals surface area contributed by atoms with Crippen LogP contribution in [-0.2, 0) is 16.1 Å². The first kappa shape index (κ1) is 21.1. The van der Waals surface area contributed by atoms with Crippen molar-refractivity contribution in [1.29, 1.82) is 0 Å². The van der Waals surface area contributed by atoms with Gasteiger partial charge in [-0.05, 0) is 37.6 Å². The Morgan fingerprint density at radius 2 is 1.90 bits per heavy atom. The molecule has 2 amide bonds. The Morgan fingerprint density at radius 1 is 1.16 bits per heavy atom. The van der Waals surface area contributed by atoms with Crippen LogP contribution in [0.4, 0.5) is 11.4 Å². The van der Waals surface area contributed by atoms with Crippen molar-refractivity contribution in [3.8, 4) is 0 Å². The molecule has 0 saturated carbocycles. The van der Waals surface area contributed by atoms with Gasteiger partial charge >= 0.3 is 0 Å². The zero-order valence-corrected chi connectivity index (χ0v) is 18.3. The molecule has 0 saturated heterocycles. The van der Waals surface area contributed by atoms with E-state index in [1.807, 2.05) is 50.2 Å². The van der Waals surface area contributed by atoms with Gasteiger partial charge in [-0.3, -0.25) is 19.0 Å². The highest BCUT2D eigenvalue weighted by atomic mass is 32.2. The molecule has 2 heterocycles. The van der Waals surface area contributed by atoms with Crippen LogP contribution in [0.15, 0.2) is 58.5 Å². The highest BCUT2D eigenvalue weighted by molar-refractivity contribution is 7.99. The molecule has 1 aliphatic rings. The number of rotatable bonds is 5. The van der Waals surface area contributed by atoms with Crippen molar-refractivity contribution in [2.75, 3.05) is 16.0 Å². The lowest BCUT2D eigenvalue weighted by Crippen LogP contribution is -2.40. The standard InChI is InChI=1S/C23H24N4O3S/c1-3-12-26-22(30)16-8-4-5-9-17(16)25-23(26)31-14-21(29)27-15(2)13-20(28)24-18-10-6-7-11-19(18)27/h4-11,15H,3,12-14H2,1-2H3,(H,24,28)/t15-/m0/s1. The van der Waals surface area contributed by atoms with Crippen LogP contribution < -0.4 is 15.8 Å². The Morgan fingerprint density at radius 3 is 2.71 bits per heavy atom. The van der Waals surface area contributed by atoms with Crippen molar-refractivity contribution in [1.82, 2.24) is 9.55 Å². The van der Waals surface area contributed by atoms with Gasteiger partial charge in [-0.1, -0.05) is 43.0 Å². The fourth-order valence-corrected chi connectivity index (χ4v) is 4.73. The monoisotopic (exact) mass is 436 g/mol. The molecule has 160 valence electrons. The van der Waals surface area contributed by atoms with E-state index >= 15 is 0 Å². The molecule has 1 aliphatic heterocycles. The maximum atomic E-state index is 13.3. The second kappa shape index (κ2) is 8.93. The average molecular weight is 437 g/mol. The summed E-state index contributed by atoms with van der Waals surface area (Å²) >= 11 is 1.26. The maximum absolute atomic E-state index is 13.3. The van der Waals surface area contributed by atoms with Crippen molar-refractivity contribution in [3.63, 3.8) is 0 Å². The van der Waals surface area contributed by atoms with Gasteiger partial charge in [-0.25, -0.2) is 4.98 Å². The van der Waals surface area contributed by atoms with E-state index < -0.39 is 0 Å². The molecular weight excluding hydrogens is 412 g/mol. The fraction of sp³-hybridized carbons (Fsp3) is 0.304. The zero-order chi connectivity index (χ0) is 22.0. The number of thioether (sulfide) groups is 1. The summed E-state index contributed by atoms with van der Waals surface area (Å²) in [5, 5.41) is 3.97. The second-order valence-electron chi connectivity index (χ2n) is 7.54. The van der Waals surface area contributed by atoms with E-state index in [1.54, 1.807) is 21.6 Å². The van der Waals surface area contributed by atoms with Crippen LogP contribution >= 0.6 is 11.8 Å². The Bertz CT molecular complexity index is 1210. The summed E-state index contributed by atoms with van der Waals surface area (Å²) in [7, 11) is 0. The van der Waals surface area contributed by atoms with E-state index in [0.29, 0.717) is 34.0 Å². The minimum atomic E-state index is -0.279. The van der Waals surface area contributed by atoms with Crippen LogP contribution in [0, 0.1) is 0 Å². The SMILES string of the molecule is CCCn1c(SCC(=O)N2c3ccccc3NC(=O)C[C@@H]2C)nc2ccccc2c1=O. The van der Waals surface area contributed by atoms with Crippen molar-refractivity contribution in [3.05, 3.63) is 58.9 Å². The van der Waals surface area contributed by atoms with E-state index in [4.69, 9.17) is 0 Å². The quantitative estimate of drug-likeness (QED) is 0.487. The average Bonchev–Trinajstić information content (AvgIpc) is 2.88. The van der Waals surface area contributed by atoms with Crippen LogP contribution in [0.5, 0.6) is 0 Å². The smallest absolute Gasteiger partial charge is 0.262 e. The number of para-hydroxylation sites is 3. The summed E-state index contributed by atoms with van der Waals surface area (Å²) in [5.74, 6) is -0.135. The van der Waals surface area contributed by atoms with Gasteiger partial charge in [-0.2, -0.15) is 0 Å². The molecular formula is C23H24N4O3S. The third kappa shape index (κ3) is 4.20. The lowest BCUT2D eigenvalue weighted by Gasteiger charge is -2.27. The fourth-order valence-electron chi connectivity index (χ4n) is 3.84. The maximum Gasteiger partial charge on any atom is 0.262 e. The number of benzene rings is 2. The lowest BCUT2D eigenvalue weighted by atomic mass is 10.2. The predicted molar refractivity (Wildman–Crippen MR) is 124 cm³/mol. The number of amides is 2. The highest BCUT2D eigenvalue weighted by Crippen LogP contribution is 2.32. The van der Waals surface area contributed by atoms with Gasteiger partial charge < -0.3 is 10.2 Å². The summed E-state index contributed by atoms with van der Waals surface area (Å²) < 4.78 is 1.64. The van der Waals surface area contributed by atoms with E-state index in [2.05, 4.69) is 10.3 Å². The molecule has 3 aromatic rings. The van der Waals surface area contributed by atoms with Gasteiger partial charge in [0.05, 0.1) is 28.0 Å². The Balaban J connectivity index is 1.64. The van der Waals surface area contributed by atoms with E-state index in [-0.39, 0.29) is 35.6 Å². The highest BCUT2D eigenvalue weighted by Gasteiger charge is 2.29. The van der Waals surface area contributed by atoms with Gasteiger partial charge in [-0.15, -0.1) is 0 Å². The normalized spacial score (nSPS) is 16.0. The number of fused-ring (bicyclic) bond motifs is 2. The molecule has 0 fully saturated rings. The van der Waals surface area contributed by atoms with Gasteiger partial charge in [0.2, 0.25) is 11.8 Å². The molecule has 31 heavy (non-hydrogen) atoms. The molecule has 1 N–H and O–H groups in total. The van der Waals surface area contributed by atoms with Crippen molar-refractivity contribution in [2.24, 2.45) is 0 Å². The van der Waals surface area contributed by atoms with Crippen molar-refractivity contribution < 1.29 is 9.59 Å². The largest absolute Gasteiger partial charge is 0.324 e. The topological polar surface area (TPSA) is 84.3 Å². The molecule has 0 bridgehead atoms. The summed E-state index contributed by atoms with van der Waals surface area (Å²) in [6, 6.07) is 14.3. The van der Waals surface area contributed by atoms with Gasteiger partial charge in [0, 0.05) is 19.0 Å². The number of anilines is 2. The molecule has 8 heteroatoms. The summed E-state index contributed by atoms with van der Waals surface area (Å²) in [6.45, 7) is 4.40. The molecule has 7 nitrogen and oxygen atoms in total. The third-order valence-electron chi connectivity index (χ3n) is 5.23. The first-order chi connectivity index (χ1) is 15.0. The Labute approximate surface area is 184 Å². The lowest BCUT2D eigenvalue weighted by molar-refractivity contribution is -0.117. The van der Waals surface area contributed by atoms with Gasteiger partial charge in [0.1, 0.15) is 0 Å². The number of hydrogen-bond donors (Lipinski definition) is 1. The number of carbonyl (C=O) groups excluding carboxylic acids is 2. The van der Waals surface area contributed by atoms with Crippen LogP contribution in [0.1, 0.15) is 26.7 Å². The summed E-state index contributed by atoms with van der Waals surface area (Å²) in [4.78, 5) is 44.7. The Kier molecular flexibility index (Phi) is 6.08. The minimum absolute atomic E-state index is 0.0920. The van der Waals surface area contributed by atoms with Crippen LogP contribution in [-0.4, -0.2) is 33.2 Å². The van der Waals surface area contributed by atoms with Crippen molar-refractivity contribution in [2.45, 2.75) is 44.4 Å². The minimum Gasteiger partial charge on any atom is -0.324 e. The van der Waals surface area contributed by atoms with Crippen LogP contribution in [0.25, 0.3) is 10.9 Å². The van der Waals surface area contributed by atoms with E-state index in [1.165, 1.54) is 11.8 Å². The summed E-state index contributed by atoms with van der Waals surface area (Å²) in [5.41, 5.74) is 1.84. The molecule has 1 atom stereocenters.